The van der Waals surface area contributed by atoms with Crippen LogP contribution in [0.5, 0.6) is 5.75 Å². The van der Waals surface area contributed by atoms with E-state index in [2.05, 4.69) is 20.1 Å². The average molecular weight is 499 g/mol. The lowest BCUT2D eigenvalue weighted by Crippen LogP contribution is -2.35. The number of hydrogen-bond donors (Lipinski definition) is 1. The van der Waals surface area contributed by atoms with Gasteiger partial charge in [0, 0.05) is 22.3 Å². The molecule has 174 valence electrons. The number of nitrogen functional groups attached to an aromatic ring is 1. The largest absolute Gasteiger partial charge is 0.491 e. The zero-order valence-corrected chi connectivity index (χ0v) is 19.4. The number of nitrogens with zero attached hydrogens (tertiary/aromatic N) is 5. The molecule has 0 spiro atoms. The van der Waals surface area contributed by atoms with Crippen molar-refractivity contribution in [2.45, 2.75) is 18.4 Å². The molecule has 2 aromatic carbocycles. The highest BCUT2D eigenvalue weighted by molar-refractivity contribution is 6.35. The Morgan fingerprint density at radius 2 is 2.00 bits per heavy atom. The van der Waals surface area contributed by atoms with Crippen molar-refractivity contribution in [2.24, 2.45) is 0 Å². The van der Waals surface area contributed by atoms with Gasteiger partial charge in [-0.05, 0) is 42.5 Å². The Morgan fingerprint density at radius 3 is 2.74 bits per heavy atom. The molecule has 1 aliphatic rings. The summed E-state index contributed by atoms with van der Waals surface area (Å²) in [5.74, 6) is -0.237. The van der Waals surface area contributed by atoms with Crippen LogP contribution in [0.25, 0.3) is 11.3 Å². The number of benzene rings is 2. The highest BCUT2D eigenvalue weighted by atomic mass is 35.5. The number of hydrogen-bond acceptors (Lipinski definition) is 8. The van der Waals surface area contributed by atoms with Crippen molar-refractivity contribution < 1.29 is 14.2 Å². The van der Waals surface area contributed by atoms with Crippen molar-refractivity contribution in [3.63, 3.8) is 0 Å². The molecule has 1 saturated heterocycles. The molecule has 0 amide bonds. The first-order chi connectivity index (χ1) is 16.5. The van der Waals surface area contributed by atoms with Crippen molar-refractivity contribution in [1.82, 2.24) is 24.7 Å². The van der Waals surface area contributed by atoms with Gasteiger partial charge in [0.25, 0.3) is 0 Å². The van der Waals surface area contributed by atoms with Gasteiger partial charge in [0.05, 0.1) is 17.3 Å². The fourth-order valence-electron chi connectivity index (χ4n) is 3.73. The van der Waals surface area contributed by atoms with Gasteiger partial charge < -0.3 is 19.9 Å². The summed E-state index contributed by atoms with van der Waals surface area (Å²) < 4.78 is 20.1. The van der Waals surface area contributed by atoms with Crippen LogP contribution < -0.4 is 10.5 Å². The number of halogens is 2. The Balaban J connectivity index is 1.29. The van der Waals surface area contributed by atoms with Crippen molar-refractivity contribution >= 4 is 29.2 Å². The summed E-state index contributed by atoms with van der Waals surface area (Å²) in [5, 5.41) is 5.15. The molecule has 0 radical (unpaired) electrons. The number of aromatic nitrogens is 5. The van der Waals surface area contributed by atoms with Gasteiger partial charge in [0.1, 0.15) is 37.7 Å². The third kappa shape index (κ3) is 4.83. The second-order valence-corrected chi connectivity index (χ2v) is 8.50. The molecule has 11 heteroatoms. The van der Waals surface area contributed by atoms with Crippen LogP contribution >= 0.6 is 23.2 Å². The first-order valence-corrected chi connectivity index (χ1v) is 11.2. The third-order valence-corrected chi connectivity index (χ3v) is 5.85. The molecule has 3 heterocycles. The Labute approximate surface area is 205 Å². The number of rotatable bonds is 7. The van der Waals surface area contributed by atoms with Gasteiger partial charge in [0.15, 0.2) is 0 Å². The zero-order chi connectivity index (χ0) is 23.5. The van der Waals surface area contributed by atoms with E-state index >= 15 is 0 Å². The predicted molar refractivity (Wildman–Crippen MR) is 126 cm³/mol. The van der Waals surface area contributed by atoms with Crippen LogP contribution in [0.1, 0.15) is 5.56 Å². The summed E-state index contributed by atoms with van der Waals surface area (Å²) in [6, 6.07) is 14.5. The summed E-state index contributed by atoms with van der Waals surface area (Å²) >= 11 is 12.6. The van der Waals surface area contributed by atoms with E-state index in [1.54, 1.807) is 41.5 Å². The maximum Gasteiger partial charge on any atom is 0.220 e. The van der Waals surface area contributed by atoms with Gasteiger partial charge in [-0.3, -0.25) is 0 Å². The first kappa shape index (κ1) is 22.5. The predicted octanol–water partition coefficient (Wildman–Crippen LogP) is 3.97. The molecule has 0 bridgehead atoms. The van der Waals surface area contributed by atoms with E-state index in [1.807, 2.05) is 24.3 Å². The topological polar surface area (TPSA) is 110 Å². The molecule has 2 N–H and O–H groups in total. The fraction of sp³-hybridized carbons (Fsp3) is 0.217. The summed E-state index contributed by atoms with van der Waals surface area (Å²) in [7, 11) is 0. The SMILES string of the molecule is Nc1nccc(-c2ccc(OCC3COC(Cn4cncn4)(c4ccc(Cl)cc4Cl)O3)cc2)n1. The van der Waals surface area contributed by atoms with Gasteiger partial charge in [-0.25, -0.2) is 19.6 Å². The Morgan fingerprint density at radius 1 is 1.15 bits per heavy atom. The lowest BCUT2D eigenvalue weighted by molar-refractivity contribution is -0.190. The second kappa shape index (κ2) is 9.55. The molecule has 1 fully saturated rings. The van der Waals surface area contributed by atoms with Crippen molar-refractivity contribution in [3.8, 4) is 17.0 Å². The standard InChI is InChI=1S/C23H20Cl2N6O3/c24-16-3-6-19(20(25)9-16)23(12-31-14-27-13-29-31)33-11-18(34-23)10-32-17-4-1-15(2-5-17)21-7-8-28-22(26)30-21/h1-9,13-14,18H,10-12H2,(H2,26,28,30). The second-order valence-electron chi connectivity index (χ2n) is 7.66. The molecule has 5 rings (SSSR count). The van der Waals surface area contributed by atoms with E-state index in [0.717, 1.165) is 11.3 Å². The highest BCUT2D eigenvalue weighted by Gasteiger charge is 2.45. The Hall–Kier alpha value is -3.24. The Kier molecular flexibility index (Phi) is 6.34. The normalized spacial score (nSPS) is 19.9. The molecule has 0 aliphatic carbocycles. The van der Waals surface area contributed by atoms with Gasteiger partial charge in [-0.2, -0.15) is 5.10 Å². The van der Waals surface area contributed by atoms with Crippen LogP contribution in [0.3, 0.4) is 0 Å². The maximum atomic E-state index is 6.50. The van der Waals surface area contributed by atoms with E-state index in [9.17, 15) is 0 Å². The van der Waals surface area contributed by atoms with E-state index in [-0.39, 0.29) is 25.2 Å². The minimum Gasteiger partial charge on any atom is -0.491 e. The van der Waals surface area contributed by atoms with Crippen LogP contribution in [0.15, 0.2) is 67.4 Å². The summed E-state index contributed by atoms with van der Waals surface area (Å²) in [6.07, 6.45) is 4.33. The lowest BCUT2D eigenvalue weighted by Gasteiger charge is -2.29. The van der Waals surface area contributed by atoms with Crippen molar-refractivity contribution in [1.29, 1.82) is 0 Å². The van der Waals surface area contributed by atoms with E-state index in [4.69, 9.17) is 43.1 Å². The van der Waals surface area contributed by atoms with E-state index in [0.29, 0.717) is 28.0 Å². The fourth-order valence-corrected chi connectivity index (χ4v) is 4.28. The monoisotopic (exact) mass is 498 g/mol. The van der Waals surface area contributed by atoms with Gasteiger partial charge >= 0.3 is 0 Å². The molecule has 0 saturated carbocycles. The smallest absolute Gasteiger partial charge is 0.220 e. The molecule has 2 aromatic heterocycles. The zero-order valence-electron chi connectivity index (χ0n) is 17.8. The highest BCUT2D eigenvalue weighted by Crippen LogP contribution is 2.40. The van der Waals surface area contributed by atoms with Crippen LogP contribution in [-0.2, 0) is 21.8 Å². The third-order valence-electron chi connectivity index (χ3n) is 5.30. The van der Waals surface area contributed by atoms with Crippen molar-refractivity contribution in [3.05, 3.63) is 83.0 Å². The maximum absolute atomic E-state index is 6.50. The molecular formula is C23H20Cl2N6O3. The van der Waals surface area contributed by atoms with E-state index in [1.165, 1.54) is 6.33 Å². The Bertz CT molecular complexity index is 1270. The molecular weight excluding hydrogens is 479 g/mol. The molecule has 2 unspecified atom stereocenters. The minimum atomic E-state index is -1.15. The summed E-state index contributed by atoms with van der Waals surface area (Å²) in [6.45, 7) is 0.859. The number of anilines is 1. The molecule has 1 aliphatic heterocycles. The average Bonchev–Trinajstić information content (AvgIpc) is 3.49. The molecule has 4 aromatic rings. The number of ether oxygens (including phenoxy) is 3. The molecule has 9 nitrogen and oxygen atoms in total. The summed E-state index contributed by atoms with van der Waals surface area (Å²) in [5.41, 5.74) is 7.98. The van der Waals surface area contributed by atoms with Gasteiger partial charge in [-0.15, -0.1) is 0 Å². The number of nitrogens with two attached hydrogens (primary N) is 1. The lowest BCUT2D eigenvalue weighted by atomic mass is 10.1. The molecule has 34 heavy (non-hydrogen) atoms. The summed E-state index contributed by atoms with van der Waals surface area (Å²) in [4.78, 5) is 12.1. The van der Waals surface area contributed by atoms with Crippen LogP contribution in [-0.4, -0.2) is 44.1 Å². The van der Waals surface area contributed by atoms with Crippen LogP contribution in [0.2, 0.25) is 10.0 Å². The van der Waals surface area contributed by atoms with Crippen LogP contribution in [0, 0.1) is 0 Å². The van der Waals surface area contributed by atoms with E-state index < -0.39 is 5.79 Å². The van der Waals surface area contributed by atoms with Crippen LogP contribution in [0.4, 0.5) is 5.95 Å². The molecule has 2 atom stereocenters. The minimum absolute atomic E-state index is 0.228. The van der Waals surface area contributed by atoms with Gasteiger partial charge in [-0.1, -0.05) is 29.3 Å². The first-order valence-electron chi connectivity index (χ1n) is 10.4. The quantitative estimate of drug-likeness (QED) is 0.407. The van der Waals surface area contributed by atoms with Crippen molar-refractivity contribution in [2.75, 3.05) is 18.9 Å². The van der Waals surface area contributed by atoms with Gasteiger partial charge in [0.2, 0.25) is 11.7 Å².